The molecule has 0 saturated carbocycles. The second-order valence-electron chi connectivity index (χ2n) is 4.69. The average Bonchev–Trinajstić information content (AvgIpc) is 3.01. The van der Waals surface area contributed by atoms with Crippen LogP contribution >= 0.6 is 11.8 Å². The summed E-state index contributed by atoms with van der Waals surface area (Å²) in [6.45, 7) is 0.739. The fraction of sp³-hybridized carbons (Fsp3) is 0.333. The van der Waals surface area contributed by atoms with Crippen LogP contribution in [0.5, 0.6) is 0 Å². The third kappa shape index (κ3) is 3.82. The molecule has 6 heteroatoms. The van der Waals surface area contributed by atoms with Crippen molar-refractivity contribution >= 4 is 22.6 Å². The number of nitriles is 1. The highest BCUT2D eigenvalue weighted by atomic mass is 32.2. The third-order valence-electron chi connectivity index (χ3n) is 3.20. The minimum atomic E-state index is -3.60. The number of thiocyanates is 1. The van der Waals surface area contributed by atoms with Gasteiger partial charge in [0.15, 0.2) is 0 Å². The average molecular weight is 308 g/mol. The molecule has 0 spiro atoms. The highest BCUT2D eigenvalue weighted by Crippen LogP contribution is 2.32. The number of hydrogen-bond acceptors (Lipinski definition) is 3. The number of carbonyl (C=O) groups excluding carboxylic acids is 1. The highest BCUT2D eigenvalue weighted by Gasteiger charge is 2.41. The van der Waals surface area contributed by atoms with Crippen molar-refractivity contribution in [1.82, 2.24) is 4.90 Å². The maximum Gasteiger partial charge on any atom is 0.344 e. The summed E-state index contributed by atoms with van der Waals surface area (Å²) in [4.78, 5) is 13.1. The van der Waals surface area contributed by atoms with E-state index in [1.807, 2.05) is 0 Å². The molecule has 0 aliphatic carbocycles. The minimum Gasteiger partial charge on any atom is -0.337 e. The van der Waals surface area contributed by atoms with Gasteiger partial charge in [-0.05, 0) is 30.2 Å². The summed E-state index contributed by atoms with van der Waals surface area (Å²) in [6.07, 6.45) is 2.10. The zero-order chi connectivity index (χ0) is 15.3. The Morgan fingerprint density at radius 1 is 1.29 bits per heavy atom. The standard InChI is InChI=1S/C15H14F2N2OS/c16-15(17,14(20)19-8-4-5-9-19)10-13(21-11-18)12-6-2-1-3-7-12/h1-3,6-7,10H,4-5,8-9H2/b13-10+. The number of amides is 1. The molecule has 21 heavy (non-hydrogen) atoms. The third-order valence-corrected chi connectivity index (χ3v) is 3.87. The van der Waals surface area contributed by atoms with Gasteiger partial charge in [0.1, 0.15) is 5.40 Å². The van der Waals surface area contributed by atoms with Crippen molar-refractivity contribution in [2.24, 2.45) is 0 Å². The van der Waals surface area contributed by atoms with Gasteiger partial charge in [-0.15, -0.1) is 0 Å². The van der Waals surface area contributed by atoms with Crippen molar-refractivity contribution in [3.05, 3.63) is 42.0 Å². The molecule has 1 aliphatic heterocycles. The predicted molar refractivity (Wildman–Crippen MR) is 78.4 cm³/mol. The zero-order valence-electron chi connectivity index (χ0n) is 11.3. The Hall–Kier alpha value is -1.87. The molecule has 2 rings (SSSR count). The van der Waals surface area contributed by atoms with Gasteiger partial charge in [0.25, 0.3) is 5.91 Å². The number of benzene rings is 1. The lowest BCUT2D eigenvalue weighted by Crippen LogP contribution is -2.40. The predicted octanol–water partition coefficient (Wildman–Crippen LogP) is 3.50. The van der Waals surface area contributed by atoms with Gasteiger partial charge in [0, 0.05) is 24.1 Å². The molecule has 1 aromatic carbocycles. The van der Waals surface area contributed by atoms with Crippen LogP contribution in [-0.4, -0.2) is 29.8 Å². The lowest BCUT2D eigenvalue weighted by Gasteiger charge is -2.21. The van der Waals surface area contributed by atoms with Gasteiger partial charge in [0.2, 0.25) is 0 Å². The summed E-state index contributed by atoms with van der Waals surface area (Å²) in [7, 11) is 0. The highest BCUT2D eigenvalue weighted by molar-refractivity contribution is 8.12. The zero-order valence-corrected chi connectivity index (χ0v) is 12.1. The summed E-state index contributed by atoms with van der Waals surface area (Å²) < 4.78 is 28.3. The molecular formula is C15H14F2N2OS. The van der Waals surface area contributed by atoms with Crippen LogP contribution in [0.1, 0.15) is 18.4 Å². The van der Waals surface area contributed by atoms with E-state index >= 15 is 0 Å². The molecule has 0 aromatic heterocycles. The first-order chi connectivity index (χ1) is 10.0. The van der Waals surface area contributed by atoms with Crippen LogP contribution in [0.4, 0.5) is 8.78 Å². The largest absolute Gasteiger partial charge is 0.344 e. The lowest BCUT2D eigenvalue weighted by atomic mass is 10.1. The number of carbonyl (C=O) groups is 1. The van der Waals surface area contributed by atoms with Crippen LogP contribution in [0.25, 0.3) is 4.91 Å². The van der Waals surface area contributed by atoms with Gasteiger partial charge in [-0.1, -0.05) is 30.3 Å². The van der Waals surface area contributed by atoms with Crippen molar-refractivity contribution in [3.8, 4) is 5.40 Å². The van der Waals surface area contributed by atoms with E-state index in [1.54, 1.807) is 35.7 Å². The monoisotopic (exact) mass is 308 g/mol. The van der Waals surface area contributed by atoms with Gasteiger partial charge in [0.05, 0.1) is 0 Å². The van der Waals surface area contributed by atoms with E-state index in [0.29, 0.717) is 36.5 Å². The molecule has 1 aromatic rings. The summed E-state index contributed by atoms with van der Waals surface area (Å²) >= 11 is 0.632. The van der Waals surface area contributed by atoms with Gasteiger partial charge >= 0.3 is 5.92 Å². The quantitative estimate of drug-likeness (QED) is 0.800. The number of rotatable bonds is 4. The van der Waals surface area contributed by atoms with Crippen molar-refractivity contribution in [2.75, 3.05) is 13.1 Å². The summed E-state index contributed by atoms with van der Waals surface area (Å²) in [5.74, 6) is -4.79. The summed E-state index contributed by atoms with van der Waals surface area (Å²) in [5, 5.41) is 10.6. The molecule has 1 saturated heterocycles. The van der Waals surface area contributed by atoms with Crippen molar-refractivity contribution < 1.29 is 13.6 Å². The molecule has 0 N–H and O–H groups in total. The molecule has 1 aliphatic rings. The van der Waals surface area contributed by atoms with Crippen LogP contribution < -0.4 is 0 Å². The first-order valence-electron chi connectivity index (χ1n) is 6.56. The first kappa shape index (κ1) is 15.5. The van der Waals surface area contributed by atoms with Crippen LogP contribution in [-0.2, 0) is 4.79 Å². The molecule has 0 radical (unpaired) electrons. The molecule has 0 unspecified atom stereocenters. The normalized spacial score (nSPS) is 15.9. The van der Waals surface area contributed by atoms with E-state index in [0.717, 1.165) is 12.8 Å². The molecule has 0 atom stereocenters. The number of halogens is 2. The molecular weight excluding hydrogens is 294 g/mol. The number of likely N-dealkylation sites (tertiary alicyclic amines) is 1. The van der Waals surface area contributed by atoms with Gasteiger partial charge < -0.3 is 4.90 Å². The topological polar surface area (TPSA) is 44.1 Å². The van der Waals surface area contributed by atoms with Crippen LogP contribution in [0, 0.1) is 10.7 Å². The Balaban J connectivity index is 2.27. The molecule has 1 heterocycles. The van der Waals surface area contributed by atoms with E-state index in [-0.39, 0.29) is 4.91 Å². The molecule has 0 bridgehead atoms. The lowest BCUT2D eigenvalue weighted by molar-refractivity contribution is -0.149. The number of alkyl halides is 2. The van der Waals surface area contributed by atoms with Crippen molar-refractivity contribution in [2.45, 2.75) is 18.8 Å². The van der Waals surface area contributed by atoms with Gasteiger partial charge in [-0.25, -0.2) is 0 Å². The van der Waals surface area contributed by atoms with E-state index < -0.39 is 11.8 Å². The van der Waals surface area contributed by atoms with Crippen LogP contribution in [0.3, 0.4) is 0 Å². The molecule has 1 amide bonds. The van der Waals surface area contributed by atoms with Crippen LogP contribution in [0.15, 0.2) is 36.4 Å². The Morgan fingerprint density at radius 3 is 2.48 bits per heavy atom. The summed E-state index contributed by atoms with van der Waals surface area (Å²) in [5.41, 5.74) is 0.498. The Kier molecular flexibility index (Phi) is 4.97. The second kappa shape index (κ2) is 6.72. The van der Waals surface area contributed by atoms with E-state index in [9.17, 15) is 13.6 Å². The van der Waals surface area contributed by atoms with Crippen molar-refractivity contribution in [3.63, 3.8) is 0 Å². The van der Waals surface area contributed by atoms with Crippen LogP contribution in [0.2, 0.25) is 0 Å². The molecule has 110 valence electrons. The first-order valence-corrected chi connectivity index (χ1v) is 7.37. The Labute approximate surface area is 126 Å². The summed E-state index contributed by atoms with van der Waals surface area (Å²) in [6, 6.07) is 8.41. The van der Waals surface area contributed by atoms with E-state index in [4.69, 9.17) is 5.26 Å². The number of hydrogen-bond donors (Lipinski definition) is 0. The SMILES string of the molecule is N#CS/C(=C/C(F)(F)C(=O)N1CCCC1)c1ccccc1. The number of thioether (sulfide) groups is 1. The maximum absolute atomic E-state index is 14.1. The minimum absolute atomic E-state index is 0.0932. The van der Waals surface area contributed by atoms with Gasteiger partial charge in [-0.2, -0.15) is 14.0 Å². The Morgan fingerprint density at radius 2 is 1.90 bits per heavy atom. The maximum atomic E-state index is 14.1. The van der Waals surface area contributed by atoms with Crippen molar-refractivity contribution in [1.29, 1.82) is 5.26 Å². The fourth-order valence-electron chi connectivity index (χ4n) is 2.18. The van der Waals surface area contributed by atoms with E-state index in [2.05, 4.69) is 0 Å². The number of nitrogens with zero attached hydrogens (tertiary/aromatic N) is 2. The molecule has 3 nitrogen and oxygen atoms in total. The smallest absolute Gasteiger partial charge is 0.337 e. The fourth-order valence-corrected chi connectivity index (χ4v) is 2.74. The van der Waals surface area contributed by atoms with E-state index in [1.165, 1.54) is 4.90 Å². The molecule has 1 fully saturated rings. The second-order valence-corrected chi connectivity index (χ2v) is 5.52. The van der Waals surface area contributed by atoms with Gasteiger partial charge in [-0.3, -0.25) is 4.79 Å². The Bertz CT molecular complexity index is 575.